The zero-order valence-electron chi connectivity index (χ0n) is 10.6. The molecule has 0 bridgehead atoms. The third-order valence-corrected chi connectivity index (χ3v) is 3.15. The van der Waals surface area contributed by atoms with Crippen LogP contribution in [0.4, 0.5) is 5.95 Å². The maximum absolute atomic E-state index is 5.74. The van der Waals surface area contributed by atoms with Crippen molar-refractivity contribution in [1.82, 2.24) is 34.5 Å². The van der Waals surface area contributed by atoms with E-state index in [1.165, 1.54) is 17.5 Å². The van der Waals surface area contributed by atoms with E-state index >= 15 is 0 Å². The van der Waals surface area contributed by atoms with Gasteiger partial charge >= 0.3 is 0 Å². The molecule has 1 saturated carbocycles. The van der Waals surface area contributed by atoms with Crippen LogP contribution in [0.2, 0.25) is 0 Å². The molecule has 0 aromatic carbocycles. The predicted molar refractivity (Wildman–Crippen MR) is 70.5 cm³/mol. The minimum Gasteiger partial charge on any atom is -0.368 e. The molecule has 0 aliphatic heterocycles. The highest BCUT2D eigenvalue weighted by Crippen LogP contribution is 2.38. The molecular weight excluding hydrogens is 256 g/mol. The van der Waals surface area contributed by atoms with Crippen LogP contribution in [0.15, 0.2) is 30.7 Å². The molecule has 1 fully saturated rings. The van der Waals surface area contributed by atoms with Gasteiger partial charge in [-0.25, -0.2) is 9.36 Å². The monoisotopic (exact) mass is 268 g/mol. The molecule has 1 aliphatic carbocycles. The van der Waals surface area contributed by atoms with Gasteiger partial charge in [0.2, 0.25) is 5.95 Å². The van der Waals surface area contributed by atoms with Crippen LogP contribution in [0, 0.1) is 0 Å². The molecule has 20 heavy (non-hydrogen) atoms. The normalized spacial score (nSPS) is 14.6. The van der Waals surface area contributed by atoms with Gasteiger partial charge < -0.3 is 5.73 Å². The van der Waals surface area contributed by atoms with E-state index in [1.54, 1.807) is 23.1 Å². The van der Waals surface area contributed by atoms with Crippen LogP contribution in [0.25, 0.3) is 11.9 Å². The average molecular weight is 268 g/mol. The molecule has 0 atom stereocenters. The Labute approximate surface area is 114 Å². The standard InChI is InChI=1S/C12H12N8/c13-10-15-11(19-6-1-5-14-19)17-12(16-10)20-7-4-9(18-20)8-2-3-8/h1,4-8H,2-3H2,(H2,13,15,16,17). The smallest absolute Gasteiger partial charge is 0.257 e. The largest absolute Gasteiger partial charge is 0.368 e. The highest BCUT2D eigenvalue weighted by molar-refractivity contribution is 5.28. The van der Waals surface area contributed by atoms with Crippen molar-refractivity contribution in [1.29, 1.82) is 0 Å². The van der Waals surface area contributed by atoms with Gasteiger partial charge in [0, 0.05) is 24.5 Å². The molecule has 8 nitrogen and oxygen atoms in total. The number of nitrogens with zero attached hydrogens (tertiary/aromatic N) is 7. The molecular formula is C12H12N8. The minimum absolute atomic E-state index is 0.143. The fourth-order valence-corrected chi connectivity index (χ4v) is 2.01. The zero-order valence-corrected chi connectivity index (χ0v) is 10.6. The minimum atomic E-state index is 0.143. The Morgan fingerprint density at radius 3 is 2.55 bits per heavy atom. The molecule has 2 N–H and O–H groups in total. The van der Waals surface area contributed by atoms with Crippen LogP contribution in [0.1, 0.15) is 24.5 Å². The lowest BCUT2D eigenvalue weighted by Gasteiger charge is -2.04. The Kier molecular flexibility index (Phi) is 2.28. The van der Waals surface area contributed by atoms with Crippen LogP contribution in [-0.2, 0) is 0 Å². The van der Waals surface area contributed by atoms with Gasteiger partial charge in [0.15, 0.2) is 0 Å². The summed E-state index contributed by atoms with van der Waals surface area (Å²) in [6.07, 6.45) is 7.65. The SMILES string of the molecule is Nc1nc(-n2cccn2)nc(-n2ccc(C3CC3)n2)n1. The van der Waals surface area contributed by atoms with Crippen LogP contribution in [0.5, 0.6) is 0 Å². The van der Waals surface area contributed by atoms with Gasteiger partial charge in [-0.2, -0.15) is 25.1 Å². The maximum Gasteiger partial charge on any atom is 0.257 e. The molecule has 3 aromatic heterocycles. The van der Waals surface area contributed by atoms with Crippen LogP contribution >= 0.6 is 0 Å². The number of nitrogen functional groups attached to an aromatic ring is 1. The van der Waals surface area contributed by atoms with Crippen LogP contribution in [0.3, 0.4) is 0 Å². The lowest BCUT2D eigenvalue weighted by Crippen LogP contribution is -2.12. The molecule has 0 amide bonds. The quantitative estimate of drug-likeness (QED) is 0.750. The summed E-state index contributed by atoms with van der Waals surface area (Å²) in [4.78, 5) is 12.5. The van der Waals surface area contributed by atoms with Gasteiger partial charge in [-0.1, -0.05) is 0 Å². The van der Waals surface area contributed by atoms with E-state index in [4.69, 9.17) is 5.73 Å². The Morgan fingerprint density at radius 2 is 1.85 bits per heavy atom. The van der Waals surface area contributed by atoms with E-state index in [9.17, 15) is 0 Å². The van der Waals surface area contributed by atoms with Gasteiger partial charge in [-0.15, -0.1) is 0 Å². The van der Waals surface area contributed by atoms with E-state index in [0.29, 0.717) is 17.8 Å². The van der Waals surface area contributed by atoms with E-state index in [0.717, 1.165) is 5.69 Å². The van der Waals surface area contributed by atoms with E-state index < -0.39 is 0 Å². The third-order valence-electron chi connectivity index (χ3n) is 3.15. The fraction of sp³-hybridized carbons (Fsp3) is 0.250. The average Bonchev–Trinajstić information content (AvgIpc) is 2.97. The van der Waals surface area contributed by atoms with Gasteiger partial charge in [0.25, 0.3) is 11.9 Å². The van der Waals surface area contributed by atoms with E-state index in [1.807, 2.05) is 12.3 Å². The molecule has 4 rings (SSSR count). The Morgan fingerprint density at radius 1 is 1.05 bits per heavy atom. The highest BCUT2D eigenvalue weighted by atomic mass is 15.4. The van der Waals surface area contributed by atoms with Crippen LogP contribution < -0.4 is 5.73 Å². The van der Waals surface area contributed by atoms with Gasteiger partial charge in [-0.05, 0) is 25.0 Å². The first-order chi connectivity index (χ1) is 9.79. The van der Waals surface area contributed by atoms with Gasteiger partial charge in [-0.3, -0.25) is 0 Å². The first kappa shape index (κ1) is 11.1. The lowest BCUT2D eigenvalue weighted by molar-refractivity contribution is 0.739. The molecule has 3 aromatic rings. The predicted octanol–water partition coefficient (Wildman–Crippen LogP) is 0.703. The second-order valence-electron chi connectivity index (χ2n) is 4.70. The van der Waals surface area contributed by atoms with Crippen molar-refractivity contribution in [2.24, 2.45) is 0 Å². The lowest BCUT2D eigenvalue weighted by atomic mass is 10.3. The van der Waals surface area contributed by atoms with E-state index in [-0.39, 0.29) is 5.95 Å². The first-order valence-corrected chi connectivity index (χ1v) is 6.37. The summed E-state index contributed by atoms with van der Waals surface area (Å²) in [6.45, 7) is 0. The van der Waals surface area contributed by atoms with Crippen molar-refractivity contribution in [3.05, 3.63) is 36.4 Å². The molecule has 0 unspecified atom stereocenters. The number of anilines is 1. The second kappa shape index (κ2) is 4.12. The molecule has 3 heterocycles. The van der Waals surface area contributed by atoms with Gasteiger partial charge in [0.1, 0.15) is 0 Å². The van der Waals surface area contributed by atoms with Crippen molar-refractivity contribution in [3.63, 3.8) is 0 Å². The number of rotatable bonds is 3. The number of hydrogen-bond donors (Lipinski definition) is 1. The Balaban J connectivity index is 1.76. The van der Waals surface area contributed by atoms with Crippen molar-refractivity contribution in [2.45, 2.75) is 18.8 Å². The number of aromatic nitrogens is 7. The number of hydrogen-bond acceptors (Lipinski definition) is 6. The summed E-state index contributed by atoms with van der Waals surface area (Å²) in [5.74, 6) is 1.50. The fourth-order valence-electron chi connectivity index (χ4n) is 2.01. The van der Waals surface area contributed by atoms with Crippen molar-refractivity contribution in [3.8, 4) is 11.9 Å². The van der Waals surface area contributed by atoms with Crippen molar-refractivity contribution < 1.29 is 0 Å². The zero-order chi connectivity index (χ0) is 13.5. The summed E-state index contributed by atoms with van der Waals surface area (Å²) < 4.78 is 3.16. The summed E-state index contributed by atoms with van der Waals surface area (Å²) in [6, 6.07) is 3.78. The first-order valence-electron chi connectivity index (χ1n) is 6.37. The molecule has 0 radical (unpaired) electrons. The molecule has 0 spiro atoms. The highest BCUT2D eigenvalue weighted by Gasteiger charge is 2.26. The molecule has 0 saturated heterocycles. The van der Waals surface area contributed by atoms with E-state index in [2.05, 4.69) is 25.1 Å². The molecule has 1 aliphatic rings. The summed E-state index contributed by atoms with van der Waals surface area (Å²) in [5.41, 5.74) is 6.81. The van der Waals surface area contributed by atoms with Crippen molar-refractivity contribution in [2.75, 3.05) is 5.73 Å². The molecule has 100 valence electrons. The number of nitrogens with two attached hydrogens (primary N) is 1. The van der Waals surface area contributed by atoms with Crippen molar-refractivity contribution >= 4 is 5.95 Å². The Hall–Kier alpha value is -2.77. The van der Waals surface area contributed by atoms with Gasteiger partial charge in [0.05, 0.1) is 5.69 Å². The third kappa shape index (κ3) is 1.91. The Bertz CT molecular complexity index is 741. The summed E-state index contributed by atoms with van der Waals surface area (Å²) >= 11 is 0. The molecule has 8 heteroatoms. The maximum atomic E-state index is 5.74. The van der Waals surface area contributed by atoms with Crippen LogP contribution in [-0.4, -0.2) is 34.5 Å². The summed E-state index contributed by atoms with van der Waals surface area (Å²) in [7, 11) is 0. The summed E-state index contributed by atoms with van der Waals surface area (Å²) in [5, 5.41) is 8.57. The second-order valence-corrected chi connectivity index (χ2v) is 4.70. The topological polar surface area (TPSA) is 100 Å².